The summed E-state index contributed by atoms with van der Waals surface area (Å²) in [4.78, 5) is 15.2. The first-order valence-corrected chi connectivity index (χ1v) is 5.63. The van der Waals surface area contributed by atoms with Crippen molar-refractivity contribution in [3.63, 3.8) is 0 Å². The molecule has 0 aliphatic carbocycles. The van der Waals surface area contributed by atoms with Crippen LogP contribution in [0.15, 0.2) is 4.99 Å². The molecule has 2 atom stereocenters. The highest BCUT2D eigenvalue weighted by Gasteiger charge is 2.38. The van der Waals surface area contributed by atoms with Crippen molar-refractivity contribution in [2.75, 3.05) is 13.2 Å². The van der Waals surface area contributed by atoms with Crippen LogP contribution in [0.25, 0.3) is 0 Å². The fraction of sp³-hybridized carbons (Fsp3) is 0.800. The maximum Gasteiger partial charge on any atom is 0.215 e. The molecule has 0 saturated carbocycles. The molecule has 6 heteroatoms. The highest BCUT2D eigenvalue weighted by molar-refractivity contribution is 6.57. The first-order valence-electron chi connectivity index (χ1n) is 5.63. The standard InChI is InChI=1S/C10H19BN2O3/c1-3-4-10(2,13-9(11)15)7(14)8-12-5-6-16-8/h7,14H,3-6,11H2,1-2H3,(H,13,15)/t7?,10-/m0/s1. The van der Waals surface area contributed by atoms with Crippen LogP contribution in [0.3, 0.4) is 0 Å². The maximum atomic E-state index is 11.2. The molecule has 1 heterocycles. The van der Waals surface area contributed by atoms with Gasteiger partial charge in [-0.25, -0.2) is 4.99 Å². The van der Waals surface area contributed by atoms with Crippen molar-refractivity contribution in [2.45, 2.75) is 38.3 Å². The van der Waals surface area contributed by atoms with Crippen molar-refractivity contribution < 1.29 is 14.6 Å². The molecule has 0 aromatic carbocycles. The second-order valence-corrected chi connectivity index (χ2v) is 4.32. The van der Waals surface area contributed by atoms with Crippen LogP contribution in [-0.4, -0.2) is 49.5 Å². The van der Waals surface area contributed by atoms with Gasteiger partial charge in [-0.1, -0.05) is 13.3 Å². The molecule has 0 bridgehead atoms. The highest BCUT2D eigenvalue weighted by atomic mass is 16.5. The Morgan fingerprint density at radius 1 is 1.81 bits per heavy atom. The number of aliphatic hydroxyl groups is 1. The third-order valence-corrected chi connectivity index (χ3v) is 2.68. The number of nitrogens with one attached hydrogen (secondary N) is 1. The molecule has 90 valence electrons. The van der Waals surface area contributed by atoms with Gasteiger partial charge in [-0.05, 0) is 13.3 Å². The molecule has 0 fully saturated rings. The zero-order valence-corrected chi connectivity index (χ0v) is 10.1. The first-order chi connectivity index (χ1) is 7.49. The summed E-state index contributed by atoms with van der Waals surface area (Å²) < 4.78 is 5.24. The maximum absolute atomic E-state index is 11.2. The van der Waals surface area contributed by atoms with Gasteiger partial charge in [-0.15, -0.1) is 0 Å². The normalized spacial score (nSPS) is 20.6. The van der Waals surface area contributed by atoms with Gasteiger partial charge in [0, 0.05) is 0 Å². The lowest BCUT2D eigenvalue weighted by atomic mass is 9.87. The molecule has 0 saturated heterocycles. The monoisotopic (exact) mass is 226 g/mol. The third kappa shape index (κ3) is 2.98. The Balaban J connectivity index is 2.78. The zero-order valence-electron chi connectivity index (χ0n) is 10.1. The number of hydrogen-bond donors (Lipinski definition) is 2. The SMILES string of the molecule is BC(=O)N[C@@](C)(CCC)C(O)C1=NCCO1. The van der Waals surface area contributed by atoms with Gasteiger partial charge in [-0.2, -0.15) is 0 Å². The Kier molecular flexibility index (Phi) is 4.35. The van der Waals surface area contributed by atoms with Crippen LogP contribution in [0.4, 0.5) is 4.79 Å². The summed E-state index contributed by atoms with van der Waals surface area (Å²) in [7, 11) is 1.44. The second kappa shape index (κ2) is 5.34. The molecule has 2 N–H and O–H groups in total. The van der Waals surface area contributed by atoms with Crippen LogP contribution in [0.2, 0.25) is 0 Å². The van der Waals surface area contributed by atoms with Crippen molar-refractivity contribution in [3.8, 4) is 0 Å². The molecule has 0 aromatic heterocycles. The van der Waals surface area contributed by atoms with Gasteiger partial charge in [0.05, 0.1) is 12.1 Å². The van der Waals surface area contributed by atoms with Gasteiger partial charge in [0.15, 0.2) is 11.9 Å². The minimum Gasteiger partial charge on any atom is -0.477 e. The summed E-state index contributed by atoms with van der Waals surface area (Å²) in [5.41, 5.74) is -0.705. The van der Waals surface area contributed by atoms with E-state index in [1.807, 2.05) is 13.8 Å². The van der Waals surface area contributed by atoms with Crippen LogP contribution in [0, 0.1) is 0 Å². The lowest BCUT2D eigenvalue weighted by Gasteiger charge is -2.34. The van der Waals surface area contributed by atoms with Gasteiger partial charge in [0.1, 0.15) is 6.61 Å². The second-order valence-electron chi connectivity index (χ2n) is 4.32. The zero-order chi connectivity index (χ0) is 12.2. The summed E-state index contributed by atoms with van der Waals surface area (Å²) in [5.74, 6) is 0.179. The summed E-state index contributed by atoms with van der Waals surface area (Å²) in [5, 5.41) is 13.0. The topological polar surface area (TPSA) is 70.9 Å². The number of aliphatic hydroxyl groups excluding tert-OH is 1. The molecular formula is C10H19BN2O3. The average molecular weight is 226 g/mol. The van der Waals surface area contributed by atoms with Crippen LogP contribution in [0.5, 0.6) is 0 Å². The summed E-state index contributed by atoms with van der Waals surface area (Å²) in [6, 6.07) is 0. The summed E-state index contributed by atoms with van der Waals surface area (Å²) in [6.07, 6.45) is 0.663. The number of rotatable bonds is 5. The number of aliphatic imine (C=N–C) groups is 1. The van der Waals surface area contributed by atoms with Crippen molar-refractivity contribution in [2.24, 2.45) is 4.99 Å². The number of carbonyl (C=O) groups is 1. The molecule has 1 aliphatic rings. The molecule has 0 spiro atoms. The number of hydrogen-bond acceptors (Lipinski definition) is 4. The van der Waals surface area contributed by atoms with Gasteiger partial charge >= 0.3 is 0 Å². The van der Waals surface area contributed by atoms with Gasteiger partial charge in [0.2, 0.25) is 13.7 Å². The molecule has 1 rings (SSSR count). The molecule has 0 aromatic rings. The van der Waals surface area contributed by atoms with Crippen molar-refractivity contribution in [1.29, 1.82) is 0 Å². The average Bonchev–Trinajstić information content (AvgIpc) is 2.68. The molecular weight excluding hydrogens is 207 g/mol. The Hall–Kier alpha value is -1.04. The van der Waals surface area contributed by atoms with Gasteiger partial charge < -0.3 is 15.2 Å². The number of ether oxygens (including phenoxy) is 1. The van der Waals surface area contributed by atoms with Gasteiger partial charge in [-0.3, -0.25) is 4.79 Å². The molecule has 1 unspecified atom stereocenters. The van der Waals surface area contributed by atoms with Crippen LogP contribution >= 0.6 is 0 Å². The fourth-order valence-corrected chi connectivity index (χ4v) is 1.98. The van der Waals surface area contributed by atoms with Crippen LogP contribution < -0.4 is 5.32 Å². The van der Waals surface area contributed by atoms with E-state index in [1.54, 1.807) is 0 Å². The van der Waals surface area contributed by atoms with E-state index in [1.165, 1.54) is 7.85 Å². The summed E-state index contributed by atoms with van der Waals surface area (Å²) in [6.45, 7) is 4.90. The quantitative estimate of drug-likeness (QED) is 0.631. The largest absolute Gasteiger partial charge is 0.477 e. The fourth-order valence-electron chi connectivity index (χ4n) is 1.98. The van der Waals surface area contributed by atoms with E-state index in [4.69, 9.17) is 4.74 Å². The van der Waals surface area contributed by atoms with Crippen molar-refractivity contribution >= 4 is 19.6 Å². The lowest BCUT2D eigenvalue weighted by Crippen LogP contribution is -2.57. The minimum absolute atomic E-state index is 0.159. The van der Waals surface area contributed by atoms with Crippen LogP contribution in [0.1, 0.15) is 26.7 Å². The third-order valence-electron chi connectivity index (χ3n) is 2.68. The molecule has 5 nitrogen and oxygen atoms in total. The van der Waals surface area contributed by atoms with Gasteiger partial charge in [0.25, 0.3) is 0 Å². The predicted octanol–water partition coefficient (Wildman–Crippen LogP) is -0.323. The van der Waals surface area contributed by atoms with E-state index < -0.39 is 11.6 Å². The van der Waals surface area contributed by atoms with E-state index in [0.29, 0.717) is 25.5 Å². The molecule has 1 amide bonds. The number of carbonyl (C=O) groups excluding carboxylic acids is 1. The van der Waals surface area contributed by atoms with Crippen LogP contribution in [-0.2, 0) is 4.74 Å². The number of amides is 1. The van der Waals surface area contributed by atoms with E-state index >= 15 is 0 Å². The summed E-state index contributed by atoms with van der Waals surface area (Å²) >= 11 is 0. The predicted molar refractivity (Wildman–Crippen MR) is 64.6 cm³/mol. The molecule has 0 radical (unpaired) electrons. The Labute approximate surface area is 96.7 Å². The minimum atomic E-state index is -0.876. The van der Waals surface area contributed by atoms with Crippen molar-refractivity contribution in [3.05, 3.63) is 0 Å². The van der Waals surface area contributed by atoms with E-state index in [0.717, 1.165) is 6.42 Å². The molecule has 16 heavy (non-hydrogen) atoms. The molecule has 1 aliphatic heterocycles. The number of nitrogens with zero attached hydrogens (tertiary/aromatic N) is 1. The van der Waals surface area contributed by atoms with E-state index in [2.05, 4.69) is 10.3 Å². The Morgan fingerprint density at radius 3 is 2.94 bits per heavy atom. The first kappa shape index (κ1) is 13.0. The smallest absolute Gasteiger partial charge is 0.215 e. The highest BCUT2D eigenvalue weighted by Crippen LogP contribution is 2.20. The van der Waals surface area contributed by atoms with Crippen molar-refractivity contribution in [1.82, 2.24) is 5.32 Å². The Morgan fingerprint density at radius 2 is 2.50 bits per heavy atom. The Bertz CT molecular complexity index is 296. The van der Waals surface area contributed by atoms with E-state index in [9.17, 15) is 9.90 Å². The lowest BCUT2D eigenvalue weighted by molar-refractivity contribution is 0.104. The van der Waals surface area contributed by atoms with E-state index in [-0.39, 0.29) is 5.81 Å².